The SMILES string of the molecule is CC(=O)Nc1ccc(CCN2CCN(c3nc4c(C(N)=O)cccc4[nH]3)CC2)cc1. The minimum absolute atomic E-state index is 0.0593. The maximum atomic E-state index is 11.6. The van der Waals surface area contributed by atoms with Crippen LogP contribution < -0.4 is 16.0 Å². The van der Waals surface area contributed by atoms with Crippen LogP contribution in [0.3, 0.4) is 0 Å². The lowest BCUT2D eigenvalue weighted by molar-refractivity contribution is -0.114. The predicted octanol–water partition coefficient (Wildman–Crippen LogP) is 1.98. The first-order valence-electron chi connectivity index (χ1n) is 10.1. The molecule has 4 N–H and O–H groups in total. The van der Waals surface area contributed by atoms with Crippen LogP contribution in [0.25, 0.3) is 11.0 Å². The predicted molar refractivity (Wildman–Crippen MR) is 118 cm³/mol. The largest absolute Gasteiger partial charge is 0.366 e. The molecule has 30 heavy (non-hydrogen) atoms. The van der Waals surface area contributed by atoms with E-state index in [1.54, 1.807) is 6.07 Å². The minimum Gasteiger partial charge on any atom is -0.366 e. The van der Waals surface area contributed by atoms with Crippen LogP contribution in [0.15, 0.2) is 42.5 Å². The lowest BCUT2D eigenvalue weighted by Gasteiger charge is -2.34. The Morgan fingerprint density at radius 2 is 1.83 bits per heavy atom. The van der Waals surface area contributed by atoms with E-state index in [-0.39, 0.29) is 5.91 Å². The number of piperazine rings is 1. The van der Waals surface area contributed by atoms with Crippen LogP contribution in [-0.4, -0.2) is 59.4 Å². The summed E-state index contributed by atoms with van der Waals surface area (Å²) >= 11 is 0. The number of aromatic nitrogens is 2. The molecule has 0 saturated carbocycles. The molecule has 3 aromatic rings. The summed E-state index contributed by atoms with van der Waals surface area (Å²) in [6.07, 6.45) is 0.965. The van der Waals surface area contributed by atoms with E-state index in [9.17, 15) is 9.59 Å². The average molecular weight is 406 g/mol. The van der Waals surface area contributed by atoms with Gasteiger partial charge in [0.2, 0.25) is 11.9 Å². The van der Waals surface area contributed by atoms with Crippen molar-refractivity contribution in [2.45, 2.75) is 13.3 Å². The second-order valence-corrected chi connectivity index (χ2v) is 7.58. The number of nitrogens with two attached hydrogens (primary N) is 1. The van der Waals surface area contributed by atoms with Crippen molar-refractivity contribution in [1.29, 1.82) is 0 Å². The summed E-state index contributed by atoms with van der Waals surface area (Å²) in [6, 6.07) is 13.4. The number of benzene rings is 2. The Morgan fingerprint density at radius 1 is 1.10 bits per heavy atom. The number of imidazole rings is 1. The number of amides is 2. The molecule has 156 valence electrons. The van der Waals surface area contributed by atoms with Gasteiger partial charge in [-0.25, -0.2) is 4.98 Å². The van der Waals surface area contributed by atoms with Crippen molar-refractivity contribution in [3.8, 4) is 0 Å². The molecule has 2 heterocycles. The first kappa shape index (κ1) is 19.9. The van der Waals surface area contributed by atoms with E-state index in [2.05, 4.69) is 37.2 Å². The molecule has 0 radical (unpaired) electrons. The van der Waals surface area contributed by atoms with Crippen LogP contribution in [0.4, 0.5) is 11.6 Å². The zero-order valence-corrected chi connectivity index (χ0v) is 17.0. The quantitative estimate of drug-likeness (QED) is 0.580. The van der Waals surface area contributed by atoms with Gasteiger partial charge >= 0.3 is 0 Å². The number of primary amides is 1. The van der Waals surface area contributed by atoms with E-state index >= 15 is 0 Å². The van der Waals surface area contributed by atoms with Crippen molar-refractivity contribution in [1.82, 2.24) is 14.9 Å². The Balaban J connectivity index is 1.32. The molecule has 0 spiro atoms. The number of H-pyrrole nitrogens is 1. The molecule has 1 aliphatic rings. The van der Waals surface area contributed by atoms with Crippen LogP contribution in [-0.2, 0) is 11.2 Å². The van der Waals surface area contributed by atoms with Gasteiger partial charge in [0.05, 0.1) is 11.1 Å². The summed E-state index contributed by atoms with van der Waals surface area (Å²) in [5.74, 6) is 0.261. The fourth-order valence-electron chi connectivity index (χ4n) is 3.80. The van der Waals surface area contributed by atoms with E-state index < -0.39 is 5.91 Å². The fourth-order valence-corrected chi connectivity index (χ4v) is 3.80. The molecule has 8 heteroatoms. The van der Waals surface area contributed by atoms with Gasteiger partial charge in [0.1, 0.15) is 5.52 Å². The Morgan fingerprint density at radius 3 is 2.50 bits per heavy atom. The van der Waals surface area contributed by atoms with Crippen LogP contribution in [0.1, 0.15) is 22.8 Å². The summed E-state index contributed by atoms with van der Waals surface area (Å²) in [5.41, 5.74) is 9.44. The first-order valence-corrected chi connectivity index (χ1v) is 10.1. The third-order valence-corrected chi connectivity index (χ3v) is 5.43. The van der Waals surface area contributed by atoms with Gasteiger partial charge in [-0.2, -0.15) is 0 Å². The number of fused-ring (bicyclic) bond motifs is 1. The molecular weight excluding hydrogens is 380 g/mol. The Labute approximate surface area is 175 Å². The van der Waals surface area contributed by atoms with Gasteiger partial charge in [-0.05, 0) is 36.2 Å². The summed E-state index contributed by atoms with van der Waals surface area (Å²) in [6.45, 7) is 6.13. The van der Waals surface area contributed by atoms with E-state index in [1.165, 1.54) is 12.5 Å². The van der Waals surface area contributed by atoms with Crippen LogP contribution in [0, 0.1) is 0 Å². The molecule has 0 bridgehead atoms. The monoisotopic (exact) mass is 406 g/mol. The molecule has 0 unspecified atom stereocenters. The van der Waals surface area contributed by atoms with Gasteiger partial charge in [-0.15, -0.1) is 0 Å². The zero-order valence-electron chi connectivity index (χ0n) is 17.0. The summed E-state index contributed by atoms with van der Waals surface area (Å²) in [4.78, 5) is 35.3. The molecule has 2 amide bonds. The smallest absolute Gasteiger partial charge is 0.250 e. The Kier molecular flexibility index (Phi) is 5.67. The topological polar surface area (TPSA) is 107 Å². The van der Waals surface area contributed by atoms with Gasteiger partial charge in [0.15, 0.2) is 0 Å². The number of hydrogen-bond acceptors (Lipinski definition) is 5. The summed E-state index contributed by atoms with van der Waals surface area (Å²) in [7, 11) is 0. The summed E-state index contributed by atoms with van der Waals surface area (Å²) < 4.78 is 0. The number of anilines is 2. The van der Waals surface area contributed by atoms with Crippen molar-refractivity contribution in [2.24, 2.45) is 5.73 Å². The highest BCUT2D eigenvalue weighted by Gasteiger charge is 2.20. The Bertz CT molecular complexity index is 1050. The highest BCUT2D eigenvalue weighted by atomic mass is 16.1. The third kappa shape index (κ3) is 4.44. The standard InChI is InChI=1S/C22H26N6O2/c1-15(29)24-17-7-5-16(6-8-17)9-10-27-11-13-28(14-12-27)22-25-19-4-2-3-18(21(23)30)20(19)26-22/h2-8H,9-14H2,1H3,(H2,23,30)(H,24,29)(H,25,26). The normalized spacial score (nSPS) is 14.8. The molecule has 0 atom stereocenters. The third-order valence-electron chi connectivity index (χ3n) is 5.43. The van der Waals surface area contributed by atoms with Gasteiger partial charge in [-0.3, -0.25) is 14.5 Å². The number of para-hydroxylation sites is 1. The van der Waals surface area contributed by atoms with Gasteiger partial charge in [-0.1, -0.05) is 18.2 Å². The molecule has 8 nitrogen and oxygen atoms in total. The number of rotatable bonds is 6. The number of nitrogens with zero attached hydrogens (tertiary/aromatic N) is 3. The van der Waals surface area contributed by atoms with Crippen molar-refractivity contribution >= 4 is 34.5 Å². The number of aromatic amines is 1. The molecular formula is C22H26N6O2. The van der Waals surface area contributed by atoms with E-state index in [4.69, 9.17) is 5.73 Å². The van der Waals surface area contributed by atoms with Crippen LogP contribution in [0.5, 0.6) is 0 Å². The Hall–Kier alpha value is -3.39. The number of carbonyl (C=O) groups excluding carboxylic acids is 2. The number of nitrogens with one attached hydrogen (secondary N) is 2. The van der Waals surface area contributed by atoms with E-state index in [0.717, 1.165) is 56.3 Å². The van der Waals surface area contributed by atoms with E-state index in [0.29, 0.717) is 11.1 Å². The second-order valence-electron chi connectivity index (χ2n) is 7.58. The maximum absolute atomic E-state index is 11.6. The minimum atomic E-state index is -0.464. The van der Waals surface area contributed by atoms with Crippen molar-refractivity contribution in [3.63, 3.8) is 0 Å². The molecule has 2 aromatic carbocycles. The molecule has 1 aromatic heterocycles. The zero-order chi connectivity index (χ0) is 21.1. The highest BCUT2D eigenvalue weighted by molar-refractivity contribution is 6.04. The average Bonchev–Trinajstić information content (AvgIpc) is 3.17. The van der Waals surface area contributed by atoms with Crippen LogP contribution >= 0.6 is 0 Å². The molecule has 0 aliphatic carbocycles. The van der Waals surface area contributed by atoms with Crippen molar-refractivity contribution in [2.75, 3.05) is 42.9 Å². The van der Waals surface area contributed by atoms with Gasteiger partial charge in [0.25, 0.3) is 5.91 Å². The summed E-state index contributed by atoms with van der Waals surface area (Å²) in [5, 5.41) is 2.79. The maximum Gasteiger partial charge on any atom is 0.250 e. The number of carbonyl (C=O) groups is 2. The van der Waals surface area contributed by atoms with Gasteiger partial charge in [0, 0.05) is 45.3 Å². The number of hydrogen-bond donors (Lipinski definition) is 3. The van der Waals surface area contributed by atoms with Crippen LogP contribution in [0.2, 0.25) is 0 Å². The van der Waals surface area contributed by atoms with Crippen molar-refractivity contribution in [3.05, 3.63) is 53.6 Å². The molecule has 1 aliphatic heterocycles. The lowest BCUT2D eigenvalue weighted by Crippen LogP contribution is -2.47. The fraction of sp³-hybridized carbons (Fsp3) is 0.318. The lowest BCUT2D eigenvalue weighted by atomic mass is 10.1. The van der Waals surface area contributed by atoms with Gasteiger partial charge < -0.3 is 20.9 Å². The van der Waals surface area contributed by atoms with E-state index in [1.807, 2.05) is 24.3 Å². The first-order chi connectivity index (χ1) is 14.5. The van der Waals surface area contributed by atoms with Crippen molar-refractivity contribution < 1.29 is 9.59 Å². The molecule has 1 fully saturated rings. The molecule has 4 rings (SSSR count). The highest BCUT2D eigenvalue weighted by Crippen LogP contribution is 2.21. The molecule has 1 saturated heterocycles. The second kappa shape index (κ2) is 8.54.